The fourth-order valence-corrected chi connectivity index (χ4v) is 2.81. The van der Waals surface area contributed by atoms with Crippen LogP contribution in [-0.2, 0) is 18.0 Å². The minimum absolute atomic E-state index is 0.0437. The number of hydrogen-bond acceptors (Lipinski definition) is 8. The van der Waals surface area contributed by atoms with Gasteiger partial charge in [0.05, 0.1) is 26.4 Å². The van der Waals surface area contributed by atoms with Crippen LogP contribution in [0.15, 0.2) is 60.7 Å². The van der Waals surface area contributed by atoms with Crippen LogP contribution in [0.3, 0.4) is 0 Å². The molecule has 3 aromatic rings. The molecule has 0 saturated carbocycles. The van der Waals surface area contributed by atoms with Crippen molar-refractivity contribution in [3.63, 3.8) is 0 Å². The lowest BCUT2D eigenvalue weighted by atomic mass is 10.1. The summed E-state index contributed by atoms with van der Waals surface area (Å²) in [7, 11) is 2.97. The largest absolute Gasteiger partial charge is 0.485 e. The van der Waals surface area contributed by atoms with Gasteiger partial charge in [-0.2, -0.15) is 15.2 Å². The molecule has 0 aliphatic carbocycles. The minimum Gasteiger partial charge on any atom is -0.485 e. The number of ether oxygens (including phenoxy) is 4. The smallest absolute Gasteiger partial charge is 0.342 e. The third kappa shape index (κ3) is 5.83. The SMILES string of the molecule is COc1cc(OC)nc(COc2cccc(C=CC#N)c2C(=O)OCc2ccccc2)n1. The Labute approximate surface area is 185 Å². The van der Waals surface area contributed by atoms with Crippen LogP contribution in [0.2, 0.25) is 0 Å². The molecule has 1 heterocycles. The van der Waals surface area contributed by atoms with Crippen LogP contribution in [0.1, 0.15) is 27.3 Å². The van der Waals surface area contributed by atoms with E-state index in [1.807, 2.05) is 36.4 Å². The molecule has 0 amide bonds. The second kappa shape index (κ2) is 11.1. The summed E-state index contributed by atoms with van der Waals surface area (Å²) in [6, 6.07) is 17.9. The van der Waals surface area contributed by atoms with Crippen molar-refractivity contribution in [2.45, 2.75) is 13.2 Å². The molecule has 8 nitrogen and oxygen atoms in total. The van der Waals surface area contributed by atoms with E-state index in [-0.39, 0.29) is 24.5 Å². The van der Waals surface area contributed by atoms with Gasteiger partial charge >= 0.3 is 5.97 Å². The second-order valence-electron chi connectivity index (χ2n) is 6.40. The van der Waals surface area contributed by atoms with Crippen LogP contribution in [0.5, 0.6) is 17.5 Å². The molecule has 0 bridgehead atoms. The lowest BCUT2D eigenvalue weighted by Crippen LogP contribution is -2.11. The topological polar surface area (TPSA) is 104 Å². The first-order valence-corrected chi connectivity index (χ1v) is 9.63. The van der Waals surface area contributed by atoms with E-state index in [1.54, 1.807) is 24.3 Å². The van der Waals surface area contributed by atoms with Crippen molar-refractivity contribution in [3.8, 4) is 23.6 Å². The fourth-order valence-electron chi connectivity index (χ4n) is 2.81. The number of methoxy groups -OCH3 is 2. The number of rotatable bonds is 9. The Hall–Kier alpha value is -4.38. The van der Waals surface area contributed by atoms with Gasteiger partial charge in [0.25, 0.3) is 0 Å². The van der Waals surface area contributed by atoms with Gasteiger partial charge in [-0.3, -0.25) is 0 Å². The molecule has 1 aromatic heterocycles. The van der Waals surface area contributed by atoms with Crippen molar-refractivity contribution >= 4 is 12.0 Å². The van der Waals surface area contributed by atoms with E-state index < -0.39 is 5.97 Å². The molecular weight excluding hydrogens is 410 g/mol. The lowest BCUT2D eigenvalue weighted by molar-refractivity contribution is 0.0467. The molecule has 0 N–H and O–H groups in total. The Balaban J connectivity index is 1.86. The van der Waals surface area contributed by atoms with Crippen LogP contribution in [0, 0.1) is 11.3 Å². The maximum Gasteiger partial charge on any atom is 0.342 e. The first-order chi connectivity index (χ1) is 15.6. The molecule has 2 aromatic carbocycles. The number of esters is 1. The highest BCUT2D eigenvalue weighted by atomic mass is 16.5. The van der Waals surface area contributed by atoms with Gasteiger partial charge in [-0.15, -0.1) is 0 Å². The lowest BCUT2D eigenvalue weighted by Gasteiger charge is -2.14. The zero-order valence-corrected chi connectivity index (χ0v) is 17.6. The Morgan fingerprint density at radius 1 is 1.00 bits per heavy atom. The summed E-state index contributed by atoms with van der Waals surface area (Å²) >= 11 is 0. The van der Waals surface area contributed by atoms with Gasteiger partial charge in [-0.25, -0.2) is 4.79 Å². The van der Waals surface area contributed by atoms with Crippen molar-refractivity contribution in [2.75, 3.05) is 14.2 Å². The van der Waals surface area contributed by atoms with Crippen LogP contribution < -0.4 is 14.2 Å². The van der Waals surface area contributed by atoms with Gasteiger partial charge < -0.3 is 18.9 Å². The monoisotopic (exact) mass is 431 g/mol. The third-order valence-electron chi connectivity index (χ3n) is 4.31. The van der Waals surface area contributed by atoms with E-state index in [9.17, 15) is 4.79 Å². The van der Waals surface area contributed by atoms with E-state index in [0.29, 0.717) is 23.1 Å². The van der Waals surface area contributed by atoms with E-state index in [1.165, 1.54) is 26.4 Å². The van der Waals surface area contributed by atoms with Crippen molar-refractivity contribution in [3.05, 3.63) is 83.2 Å². The number of aromatic nitrogens is 2. The van der Waals surface area contributed by atoms with Gasteiger partial charge in [-0.1, -0.05) is 42.5 Å². The zero-order chi connectivity index (χ0) is 22.8. The molecule has 162 valence electrons. The van der Waals surface area contributed by atoms with Crippen molar-refractivity contribution < 1.29 is 23.7 Å². The highest BCUT2D eigenvalue weighted by Crippen LogP contribution is 2.26. The van der Waals surface area contributed by atoms with Gasteiger partial charge in [0.15, 0.2) is 5.82 Å². The molecule has 0 fully saturated rings. The molecule has 0 aliphatic rings. The first kappa shape index (κ1) is 22.3. The summed E-state index contributed by atoms with van der Waals surface area (Å²) in [5.41, 5.74) is 1.54. The maximum absolute atomic E-state index is 12.9. The fraction of sp³-hybridized carbons (Fsp3) is 0.167. The molecule has 0 spiro atoms. The molecule has 0 radical (unpaired) electrons. The predicted molar refractivity (Wildman–Crippen MR) is 116 cm³/mol. The highest BCUT2D eigenvalue weighted by Gasteiger charge is 2.19. The number of carbonyl (C=O) groups excluding carboxylic acids is 1. The zero-order valence-electron chi connectivity index (χ0n) is 17.6. The Bertz CT molecular complexity index is 1120. The Morgan fingerprint density at radius 3 is 2.38 bits per heavy atom. The summed E-state index contributed by atoms with van der Waals surface area (Å²) in [6.45, 7) is 0.0591. The van der Waals surface area contributed by atoms with Crippen molar-refractivity contribution in [2.24, 2.45) is 0 Å². The molecule has 0 unspecified atom stereocenters. The molecule has 0 atom stereocenters. The number of nitrogens with zero attached hydrogens (tertiary/aromatic N) is 3. The average Bonchev–Trinajstić information content (AvgIpc) is 2.85. The van der Waals surface area contributed by atoms with Crippen molar-refractivity contribution in [1.29, 1.82) is 5.26 Å². The molecule has 0 saturated heterocycles. The van der Waals surface area contributed by atoms with Crippen LogP contribution in [0.4, 0.5) is 0 Å². The highest BCUT2D eigenvalue weighted by molar-refractivity contribution is 5.96. The van der Waals surface area contributed by atoms with Crippen LogP contribution in [0.25, 0.3) is 6.08 Å². The summed E-state index contributed by atoms with van der Waals surface area (Å²) in [4.78, 5) is 21.4. The van der Waals surface area contributed by atoms with Gasteiger partial charge in [0.1, 0.15) is 24.5 Å². The molecular formula is C24H21N3O5. The van der Waals surface area contributed by atoms with Crippen molar-refractivity contribution in [1.82, 2.24) is 9.97 Å². The first-order valence-electron chi connectivity index (χ1n) is 9.63. The number of benzene rings is 2. The molecule has 32 heavy (non-hydrogen) atoms. The Kier molecular flexibility index (Phi) is 7.76. The Morgan fingerprint density at radius 2 is 1.72 bits per heavy atom. The summed E-state index contributed by atoms with van der Waals surface area (Å²) in [5, 5.41) is 8.90. The third-order valence-corrected chi connectivity index (χ3v) is 4.31. The summed E-state index contributed by atoms with van der Waals surface area (Å²) in [5.74, 6) is 0.648. The normalized spacial score (nSPS) is 10.4. The quantitative estimate of drug-likeness (QED) is 0.370. The molecule has 0 aliphatic heterocycles. The number of carbonyl (C=O) groups is 1. The molecule has 8 heteroatoms. The minimum atomic E-state index is -0.578. The van der Waals surface area contributed by atoms with Gasteiger partial charge in [0, 0.05) is 6.08 Å². The average molecular weight is 431 g/mol. The van der Waals surface area contributed by atoms with E-state index in [0.717, 1.165) is 5.56 Å². The van der Waals surface area contributed by atoms with Crippen LogP contribution >= 0.6 is 0 Å². The van der Waals surface area contributed by atoms with E-state index in [4.69, 9.17) is 24.2 Å². The number of nitriles is 1. The van der Waals surface area contributed by atoms with Gasteiger partial charge in [0.2, 0.25) is 11.8 Å². The number of hydrogen-bond donors (Lipinski definition) is 0. The predicted octanol–water partition coefficient (Wildman–Crippen LogP) is 3.97. The number of allylic oxidation sites excluding steroid dienone is 1. The van der Waals surface area contributed by atoms with Crippen LogP contribution in [-0.4, -0.2) is 30.2 Å². The molecule has 3 rings (SSSR count). The summed E-state index contributed by atoms with van der Waals surface area (Å²) in [6.07, 6.45) is 2.81. The summed E-state index contributed by atoms with van der Waals surface area (Å²) < 4.78 is 21.7. The van der Waals surface area contributed by atoms with E-state index in [2.05, 4.69) is 9.97 Å². The second-order valence-corrected chi connectivity index (χ2v) is 6.40. The van der Waals surface area contributed by atoms with Gasteiger partial charge in [-0.05, 0) is 23.3 Å². The van der Waals surface area contributed by atoms with E-state index >= 15 is 0 Å². The maximum atomic E-state index is 12.9. The standard InChI is InChI=1S/C24H21N3O5/c1-29-21-14-22(30-2)27-20(26-21)16-31-19-12-6-10-18(11-7-13-25)23(19)24(28)32-15-17-8-4-3-5-9-17/h3-12,14H,15-16H2,1-2H3.